The van der Waals surface area contributed by atoms with Crippen LogP contribution in [0.4, 0.5) is 0 Å². The number of hydrogen-bond acceptors (Lipinski definition) is 5. The molecule has 0 fully saturated rings. The molecule has 1 aromatic carbocycles. The van der Waals surface area contributed by atoms with Crippen LogP contribution >= 0.6 is 11.9 Å². The standard InChI is InChI=1S/C12H10N2O2S/c1-2-16-12(15)9(7-13)11-8-5-3-4-6-10(8)17-14-11/h3-6,14H,2H2,1H3. The molecule has 0 bridgehead atoms. The van der Waals surface area contributed by atoms with E-state index in [4.69, 9.17) is 10.00 Å². The van der Waals surface area contributed by atoms with Gasteiger partial charge < -0.3 is 9.46 Å². The van der Waals surface area contributed by atoms with Crippen molar-refractivity contribution >= 4 is 23.6 Å². The van der Waals surface area contributed by atoms with Gasteiger partial charge in [0.1, 0.15) is 6.07 Å². The number of carbonyl (C=O) groups excluding carboxylic acids is 1. The minimum atomic E-state index is -0.588. The van der Waals surface area contributed by atoms with Crippen molar-refractivity contribution in [1.29, 1.82) is 5.26 Å². The number of nitriles is 1. The van der Waals surface area contributed by atoms with Gasteiger partial charge in [-0.25, -0.2) is 4.79 Å². The number of rotatable bonds is 2. The summed E-state index contributed by atoms with van der Waals surface area (Å²) in [6.07, 6.45) is 0. The van der Waals surface area contributed by atoms with Crippen LogP contribution in [0.2, 0.25) is 0 Å². The number of fused-ring (bicyclic) bond motifs is 1. The van der Waals surface area contributed by atoms with Crippen LogP contribution in [0.25, 0.3) is 5.70 Å². The Morgan fingerprint density at radius 1 is 1.53 bits per heavy atom. The predicted molar refractivity (Wildman–Crippen MR) is 64.6 cm³/mol. The molecule has 0 unspecified atom stereocenters. The second-order valence-electron chi connectivity index (χ2n) is 3.28. The third-order valence-corrected chi connectivity index (χ3v) is 3.14. The molecule has 5 heteroatoms. The second-order valence-corrected chi connectivity index (χ2v) is 4.13. The molecule has 86 valence electrons. The molecule has 1 aliphatic rings. The van der Waals surface area contributed by atoms with Gasteiger partial charge in [0, 0.05) is 10.5 Å². The zero-order chi connectivity index (χ0) is 12.3. The molecule has 2 rings (SSSR count). The van der Waals surface area contributed by atoms with E-state index in [0.29, 0.717) is 5.70 Å². The fourth-order valence-corrected chi connectivity index (χ4v) is 2.37. The van der Waals surface area contributed by atoms with E-state index >= 15 is 0 Å². The normalized spacial score (nSPS) is 15.5. The molecule has 0 spiro atoms. The minimum absolute atomic E-state index is 0.0179. The summed E-state index contributed by atoms with van der Waals surface area (Å²) in [7, 11) is 0. The fraction of sp³-hybridized carbons (Fsp3) is 0.167. The monoisotopic (exact) mass is 246 g/mol. The molecule has 0 aromatic heterocycles. The lowest BCUT2D eigenvalue weighted by atomic mass is 10.1. The summed E-state index contributed by atoms with van der Waals surface area (Å²) in [5, 5.41) is 9.05. The Hall–Kier alpha value is -1.93. The first-order chi connectivity index (χ1) is 8.27. The van der Waals surface area contributed by atoms with Crippen molar-refractivity contribution < 1.29 is 9.53 Å². The van der Waals surface area contributed by atoms with Gasteiger partial charge in [0.2, 0.25) is 0 Å². The van der Waals surface area contributed by atoms with E-state index in [-0.39, 0.29) is 12.2 Å². The Morgan fingerprint density at radius 3 is 3.00 bits per heavy atom. The van der Waals surface area contributed by atoms with Gasteiger partial charge in [-0.3, -0.25) is 0 Å². The lowest BCUT2D eigenvalue weighted by molar-refractivity contribution is -0.137. The van der Waals surface area contributed by atoms with Gasteiger partial charge in [-0.15, -0.1) is 0 Å². The van der Waals surface area contributed by atoms with Crippen LogP contribution in [0.1, 0.15) is 12.5 Å². The molecular weight excluding hydrogens is 236 g/mol. The second kappa shape index (κ2) is 4.93. The lowest BCUT2D eigenvalue weighted by Gasteiger charge is -2.04. The fourth-order valence-electron chi connectivity index (χ4n) is 1.52. The number of nitrogens with one attached hydrogen (secondary N) is 1. The Kier molecular flexibility index (Phi) is 3.35. The molecular formula is C12H10N2O2S. The van der Waals surface area contributed by atoms with Crippen LogP contribution in [-0.2, 0) is 9.53 Å². The Morgan fingerprint density at radius 2 is 2.29 bits per heavy atom. The summed E-state index contributed by atoms with van der Waals surface area (Å²) < 4.78 is 7.84. The summed E-state index contributed by atoms with van der Waals surface area (Å²) in [6.45, 7) is 1.97. The molecule has 1 heterocycles. The highest BCUT2D eigenvalue weighted by Gasteiger charge is 2.24. The minimum Gasteiger partial charge on any atom is -0.462 e. The van der Waals surface area contributed by atoms with Crippen LogP contribution in [0.3, 0.4) is 0 Å². The maximum Gasteiger partial charge on any atom is 0.351 e. The van der Waals surface area contributed by atoms with Crippen LogP contribution in [0.15, 0.2) is 34.7 Å². The highest BCUT2D eigenvalue weighted by molar-refractivity contribution is 7.98. The summed E-state index contributed by atoms with van der Waals surface area (Å²) in [4.78, 5) is 12.6. The SMILES string of the molecule is CCOC(=O)C(C#N)=C1NSc2ccccc21. The van der Waals surface area contributed by atoms with Crippen LogP contribution in [0, 0.1) is 11.3 Å². The number of ether oxygens (including phenoxy) is 1. The Balaban J connectivity index is 2.46. The Labute approximate surface area is 103 Å². The first-order valence-corrected chi connectivity index (χ1v) is 5.93. The van der Waals surface area contributed by atoms with Gasteiger partial charge in [0.05, 0.1) is 12.3 Å². The van der Waals surface area contributed by atoms with E-state index in [2.05, 4.69) is 4.72 Å². The third kappa shape index (κ3) is 2.12. The van der Waals surface area contributed by atoms with E-state index < -0.39 is 5.97 Å². The number of carbonyl (C=O) groups is 1. The van der Waals surface area contributed by atoms with Gasteiger partial charge in [0.25, 0.3) is 0 Å². The van der Waals surface area contributed by atoms with Gasteiger partial charge in [-0.2, -0.15) is 5.26 Å². The highest BCUT2D eigenvalue weighted by atomic mass is 32.2. The first kappa shape index (κ1) is 11.6. The molecule has 0 radical (unpaired) electrons. The van der Waals surface area contributed by atoms with Crippen molar-refractivity contribution in [1.82, 2.24) is 4.72 Å². The van der Waals surface area contributed by atoms with Crippen molar-refractivity contribution in [2.24, 2.45) is 0 Å². The van der Waals surface area contributed by atoms with Crippen LogP contribution in [-0.4, -0.2) is 12.6 Å². The zero-order valence-corrected chi connectivity index (χ0v) is 10.0. The molecule has 1 aliphatic heterocycles. The number of hydrogen-bond donors (Lipinski definition) is 1. The zero-order valence-electron chi connectivity index (χ0n) is 9.19. The average Bonchev–Trinajstić information content (AvgIpc) is 2.75. The van der Waals surface area contributed by atoms with Crippen molar-refractivity contribution in [3.8, 4) is 6.07 Å². The van der Waals surface area contributed by atoms with E-state index in [0.717, 1.165) is 10.5 Å². The quantitative estimate of drug-likeness (QED) is 0.375. The van der Waals surface area contributed by atoms with E-state index in [1.807, 2.05) is 30.3 Å². The third-order valence-electron chi connectivity index (χ3n) is 2.26. The smallest absolute Gasteiger partial charge is 0.351 e. The molecule has 0 atom stereocenters. The van der Waals surface area contributed by atoms with Crippen LogP contribution in [0.5, 0.6) is 0 Å². The molecule has 0 amide bonds. The van der Waals surface area contributed by atoms with Crippen molar-refractivity contribution in [3.05, 3.63) is 35.4 Å². The van der Waals surface area contributed by atoms with E-state index in [1.165, 1.54) is 11.9 Å². The van der Waals surface area contributed by atoms with Crippen LogP contribution < -0.4 is 4.72 Å². The number of benzene rings is 1. The van der Waals surface area contributed by atoms with E-state index in [9.17, 15) is 4.79 Å². The van der Waals surface area contributed by atoms with Crippen molar-refractivity contribution in [3.63, 3.8) is 0 Å². The van der Waals surface area contributed by atoms with E-state index in [1.54, 1.807) is 6.92 Å². The Bertz CT molecular complexity index is 532. The lowest BCUT2D eigenvalue weighted by Crippen LogP contribution is -2.11. The highest BCUT2D eigenvalue weighted by Crippen LogP contribution is 2.35. The number of nitrogens with zero attached hydrogens (tertiary/aromatic N) is 1. The summed E-state index contributed by atoms with van der Waals surface area (Å²) in [5.74, 6) is -0.588. The van der Waals surface area contributed by atoms with Crippen molar-refractivity contribution in [2.75, 3.05) is 6.61 Å². The number of esters is 1. The maximum absolute atomic E-state index is 11.6. The van der Waals surface area contributed by atoms with Gasteiger partial charge in [-0.05, 0) is 24.9 Å². The molecule has 0 aliphatic carbocycles. The molecule has 1 N–H and O–H groups in total. The van der Waals surface area contributed by atoms with Crippen molar-refractivity contribution in [2.45, 2.75) is 11.8 Å². The molecule has 4 nitrogen and oxygen atoms in total. The van der Waals surface area contributed by atoms with Gasteiger partial charge in [-0.1, -0.05) is 18.2 Å². The average molecular weight is 246 g/mol. The van der Waals surface area contributed by atoms with Gasteiger partial charge in [0.15, 0.2) is 5.57 Å². The summed E-state index contributed by atoms with van der Waals surface area (Å²) >= 11 is 1.39. The largest absolute Gasteiger partial charge is 0.462 e. The molecule has 17 heavy (non-hydrogen) atoms. The summed E-state index contributed by atoms with van der Waals surface area (Å²) in [5.41, 5.74) is 1.41. The summed E-state index contributed by atoms with van der Waals surface area (Å²) in [6, 6.07) is 9.48. The maximum atomic E-state index is 11.6. The first-order valence-electron chi connectivity index (χ1n) is 5.11. The molecule has 1 aromatic rings. The molecule has 0 saturated heterocycles. The topological polar surface area (TPSA) is 62.1 Å². The predicted octanol–water partition coefficient (Wildman–Crippen LogP) is 2.09. The van der Waals surface area contributed by atoms with Gasteiger partial charge >= 0.3 is 5.97 Å². The molecule has 0 saturated carbocycles.